The molecule has 1 atom stereocenters. The summed E-state index contributed by atoms with van der Waals surface area (Å²) in [6.07, 6.45) is 0.0943. The van der Waals surface area contributed by atoms with Crippen LogP contribution in [0.4, 0.5) is 5.69 Å². The number of carbonyl (C=O) groups excluding carboxylic acids is 1. The highest BCUT2D eigenvalue weighted by Gasteiger charge is 2.35. The van der Waals surface area contributed by atoms with Gasteiger partial charge in [-0.25, -0.2) is 0 Å². The van der Waals surface area contributed by atoms with Crippen LogP contribution >= 0.6 is 11.3 Å². The van der Waals surface area contributed by atoms with Gasteiger partial charge in [0.15, 0.2) is 0 Å². The van der Waals surface area contributed by atoms with E-state index in [1.807, 2.05) is 29.6 Å². The van der Waals surface area contributed by atoms with Crippen molar-refractivity contribution in [1.29, 1.82) is 0 Å². The highest BCUT2D eigenvalue weighted by Crippen LogP contribution is 2.30. The van der Waals surface area contributed by atoms with Crippen LogP contribution in [0.1, 0.15) is 6.42 Å². The van der Waals surface area contributed by atoms with Crippen LogP contribution in [0.15, 0.2) is 29.6 Å². The molecule has 92 valence electrons. The van der Waals surface area contributed by atoms with Gasteiger partial charge in [-0.2, -0.15) is 0 Å². The summed E-state index contributed by atoms with van der Waals surface area (Å²) < 4.78 is 1.17. The first-order valence-electron chi connectivity index (χ1n) is 5.65. The molecule has 0 bridgehead atoms. The van der Waals surface area contributed by atoms with Crippen molar-refractivity contribution >= 4 is 39.0 Å². The topological polar surface area (TPSA) is 57.6 Å². The smallest absolute Gasteiger partial charge is 0.308 e. The minimum atomic E-state index is -0.900. The average molecular weight is 261 g/mol. The molecule has 2 heterocycles. The fourth-order valence-electron chi connectivity index (χ4n) is 2.24. The minimum Gasteiger partial charge on any atom is -0.481 e. The summed E-state index contributed by atoms with van der Waals surface area (Å²) >= 11 is 1.65. The van der Waals surface area contributed by atoms with Crippen molar-refractivity contribution in [2.75, 3.05) is 11.4 Å². The van der Waals surface area contributed by atoms with Gasteiger partial charge in [0, 0.05) is 23.4 Å². The first kappa shape index (κ1) is 11.2. The predicted octanol–water partition coefficient (Wildman–Crippen LogP) is 2.34. The Kier molecular flexibility index (Phi) is 2.56. The lowest BCUT2D eigenvalue weighted by Gasteiger charge is -2.16. The minimum absolute atomic E-state index is 0.0943. The molecule has 1 amide bonds. The van der Waals surface area contributed by atoms with Crippen molar-refractivity contribution in [2.45, 2.75) is 6.42 Å². The maximum Gasteiger partial charge on any atom is 0.308 e. The fourth-order valence-corrected chi connectivity index (χ4v) is 3.02. The van der Waals surface area contributed by atoms with Gasteiger partial charge in [-0.3, -0.25) is 9.59 Å². The van der Waals surface area contributed by atoms with Crippen molar-refractivity contribution < 1.29 is 14.7 Å². The molecule has 1 unspecified atom stereocenters. The van der Waals surface area contributed by atoms with Gasteiger partial charge >= 0.3 is 5.97 Å². The molecule has 2 aromatic rings. The van der Waals surface area contributed by atoms with Gasteiger partial charge < -0.3 is 10.0 Å². The van der Waals surface area contributed by atoms with E-state index in [9.17, 15) is 9.59 Å². The zero-order chi connectivity index (χ0) is 12.7. The molecule has 1 N–H and O–H groups in total. The second-order valence-electron chi connectivity index (χ2n) is 4.39. The Hall–Kier alpha value is -1.88. The van der Waals surface area contributed by atoms with Crippen LogP contribution in [0.3, 0.4) is 0 Å². The van der Waals surface area contributed by atoms with Crippen molar-refractivity contribution in [3.63, 3.8) is 0 Å². The third-order valence-corrected chi connectivity index (χ3v) is 4.12. The number of carboxylic acids is 1. The largest absolute Gasteiger partial charge is 0.481 e. The van der Waals surface area contributed by atoms with E-state index in [0.717, 1.165) is 11.1 Å². The van der Waals surface area contributed by atoms with E-state index in [4.69, 9.17) is 5.11 Å². The highest BCUT2D eigenvalue weighted by molar-refractivity contribution is 7.17. The number of aliphatic carboxylic acids is 1. The van der Waals surface area contributed by atoms with E-state index in [1.165, 1.54) is 4.70 Å². The molecule has 1 saturated heterocycles. The summed E-state index contributed by atoms with van der Waals surface area (Å²) in [6.45, 7) is 0.268. The molecule has 0 spiro atoms. The Morgan fingerprint density at radius 1 is 1.39 bits per heavy atom. The number of nitrogens with zero attached hydrogens (tertiary/aromatic N) is 1. The van der Waals surface area contributed by atoms with Crippen molar-refractivity contribution in [3.05, 3.63) is 29.6 Å². The molecule has 0 aliphatic carbocycles. The monoisotopic (exact) mass is 261 g/mol. The number of hydrogen-bond acceptors (Lipinski definition) is 3. The van der Waals surface area contributed by atoms with E-state index in [2.05, 4.69) is 0 Å². The Bertz CT molecular complexity index is 634. The predicted molar refractivity (Wildman–Crippen MR) is 69.9 cm³/mol. The number of carboxylic acid groups (broad SMARTS) is 1. The van der Waals surface area contributed by atoms with Crippen LogP contribution in [-0.2, 0) is 9.59 Å². The SMILES string of the molecule is O=C(O)C1CC(=O)N(c2ccc3sccc3c2)C1. The summed E-state index contributed by atoms with van der Waals surface area (Å²) in [5.41, 5.74) is 0.787. The molecule has 0 saturated carbocycles. The third kappa shape index (κ3) is 1.76. The third-order valence-electron chi connectivity index (χ3n) is 3.22. The first-order chi connectivity index (χ1) is 8.65. The number of rotatable bonds is 2. The van der Waals surface area contributed by atoms with E-state index < -0.39 is 11.9 Å². The van der Waals surface area contributed by atoms with E-state index >= 15 is 0 Å². The van der Waals surface area contributed by atoms with Crippen LogP contribution in [0.25, 0.3) is 10.1 Å². The van der Waals surface area contributed by atoms with Crippen LogP contribution in [-0.4, -0.2) is 23.5 Å². The Morgan fingerprint density at radius 2 is 2.22 bits per heavy atom. The lowest BCUT2D eigenvalue weighted by molar-refractivity contribution is -0.141. The number of amides is 1. The van der Waals surface area contributed by atoms with Gasteiger partial charge in [-0.15, -0.1) is 11.3 Å². The van der Waals surface area contributed by atoms with Crippen LogP contribution in [0.2, 0.25) is 0 Å². The van der Waals surface area contributed by atoms with E-state index in [0.29, 0.717) is 0 Å². The van der Waals surface area contributed by atoms with Gasteiger partial charge in [0.1, 0.15) is 0 Å². The summed E-state index contributed by atoms with van der Waals surface area (Å²) in [6, 6.07) is 7.78. The molecule has 0 radical (unpaired) electrons. The van der Waals surface area contributed by atoms with Gasteiger partial charge in [0.05, 0.1) is 5.92 Å². The van der Waals surface area contributed by atoms with Crippen molar-refractivity contribution in [3.8, 4) is 0 Å². The number of hydrogen-bond donors (Lipinski definition) is 1. The fraction of sp³-hybridized carbons (Fsp3) is 0.231. The van der Waals surface area contributed by atoms with Crippen molar-refractivity contribution in [2.24, 2.45) is 5.92 Å². The zero-order valence-electron chi connectivity index (χ0n) is 9.50. The molecule has 18 heavy (non-hydrogen) atoms. The lowest BCUT2D eigenvalue weighted by atomic mass is 10.1. The Balaban J connectivity index is 1.94. The average Bonchev–Trinajstić information content (AvgIpc) is 2.93. The lowest BCUT2D eigenvalue weighted by Crippen LogP contribution is -2.25. The maximum atomic E-state index is 11.8. The summed E-state index contributed by atoms with van der Waals surface area (Å²) in [7, 11) is 0. The molecule has 1 aromatic carbocycles. The van der Waals surface area contributed by atoms with E-state index in [1.54, 1.807) is 16.2 Å². The normalized spacial score (nSPS) is 19.7. The van der Waals surface area contributed by atoms with Crippen LogP contribution in [0, 0.1) is 5.92 Å². The number of anilines is 1. The summed E-state index contributed by atoms with van der Waals surface area (Å²) in [5, 5.41) is 12.0. The number of carbonyl (C=O) groups is 2. The molecular formula is C13H11NO3S. The van der Waals surface area contributed by atoms with Gasteiger partial charge in [0.25, 0.3) is 0 Å². The van der Waals surface area contributed by atoms with Crippen molar-refractivity contribution in [1.82, 2.24) is 0 Å². The number of thiophene rings is 1. The zero-order valence-corrected chi connectivity index (χ0v) is 10.3. The molecule has 1 aromatic heterocycles. The number of fused-ring (bicyclic) bond motifs is 1. The molecule has 4 nitrogen and oxygen atoms in total. The van der Waals surface area contributed by atoms with Crippen LogP contribution in [0.5, 0.6) is 0 Å². The molecule has 3 rings (SSSR count). The number of benzene rings is 1. The van der Waals surface area contributed by atoms with Gasteiger partial charge in [0.2, 0.25) is 5.91 Å². The molecular weight excluding hydrogens is 250 g/mol. The highest BCUT2D eigenvalue weighted by atomic mass is 32.1. The molecule has 5 heteroatoms. The van der Waals surface area contributed by atoms with Crippen LogP contribution < -0.4 is 4.90 Å². The second-order valence-corrected chi connectivity index (χ2v) is 5.33. The van der Waals surface area contributed by atoms with Gasteiger partial charge in [-0.05, 0) is 35.0 Å². The molecule has 1 aliphatic rings. The van der Waals surface area contributed by atoms with Gasteiger partial charge in [-0.1, -0.05) is 0 Å². The first-order valence-corrected chi connectivity index (χ1v) is 6.53. The summed E-state index contributed by atoms with van der Waals surface area (Å²) in [5.74, 6) is -1.60. The molecule has 1 fully saturated rings. The van der Waals surface area contributed by atoms with E-state index in [-0.39, 0.29) is 18.9 Å². The quantitative estimate of drug-likeness (QED) is 0.902. The second kappa shape index (κ2) is 4.10. The maximum absolute atomic E-state index is 11.8. The Labute approximate surface area is 107 Å². The summed E-state index contributed by atoms with van der Waals surface area (Å²) in [4.78, 5) is 24.3. The molecule has 1 aliphatic heterocycles. The standard InChI is InChI=1S/C13H11NO3S/c15-12-6-9(13(16)17)7-14(12)10-1-2-11-8(5-10)3-4-18-11/h1-5,9H,6-7H2,(H,16,17). The Morgan fingerprint density at radius 3 is 2.94 bits per heavy atom.